The Morgan fingerprint density at radius 2 is 2.29 bits per heavy atom. The van der Waals surface area contributed by atoms with Gasteiger partial charge in [0.05, 0.1) is 6.61 Å². The number of thiazole rings is 1. The summed E-state index contributed by atoms with van der Waals surface area (Å²) in [4.78, 5) is 8.06. The number of hydrogen-bond donors (Lipinski definition) is 1. The maximum atomic E-state index is 5.14. The maximum Gasteiger partial charge on any atom is 0.185 e. The van der Waals surface area contributed by atoms with Gasteiger partial charge in [0.15, 0.2) is 5.13 Å². The summed E-state index contributed by atoms with van der Waals surface area (Å²) in [5, 5.41) is 4.40. The fourth-order valence-corrected chi connectivity index (χ4v) is 2.56. The van der Waals surface area contributed by atoms with Crippen LogP contribution in [-0.2, 0) is 11.3 Å². The molecule has 0 bridgehead atoms. The molecule has 1 aromatic heterocycles. The monoisotopic (exact) mass is 257 g/mol. The minimum atomic E-state index is 0.447. The largest absolute Gasteiger partial charge is 0.383 e. The van der Waals surface area contributed by atoms with E-state index in [9.17, 15) is 0 Å². The second-order valence-electron chi connectivity index (χ2n) is 4.17. The number of anilines is 1. The highest BCUT2D eigenvalue weighted by Gasteiger charge is 2.14. The van der Waals surface area contributed by atoms with Crippen LogP contribution in [0, 0.1) is 0 Å². The molecule has 5 heteroatoms. The molecule has 1 N–H and O–H groups in total. The molecule has 0 aromatic carbocycles. The highest BCUT2D eigenvalue weighted by Crippen LogP contribution is 2.23. The number of ether oxygens (including phenoxy) is 1. The summed E-state index contributed by atoms with van der Waals surface area (Å²) in [6.45, 7) is 10.0. The smallest absolute Gasteiger partial charge is 0.185 e. The lowest BCUT2D eigenvalue weighted by Crippen LogP contribution is -2.33. The fourth-order valence-electron chi connectivity index (χ4n) is 1.52. The lowest BCUT2D eigenvalue weighted by atomic mass is 10.3. The van der Waals surface area contributed by atoms with Crippen LogP contribution in [0.4, 0.5) is 5.13 Å². The third-order valence-electron chi connectivity index (χ3n) is 2.50. The minimum Gasteiger partial charge on any atom is -0.383 e. The van der Waals surface area contributed by atoms with E-state index in [1.165, 1.54) is 4.88 Å². The normalized spacial score (nSPS) is 11.1. The molecule has 0 saturated heterocycles. The molecular formula is C12H23N3OS. The van der Waals surface area contributed by atoms with E-state index in [1.54, 1.807) is 18.4 Å². The van der Waals surface area contributed by atoms with Gasteiger partial charge in [-0.25, -0.2) is 4.98 Å². The van der Waals surface area contributed by atoms with Crippen LogP contribution in [0.15, 0.2) is 6.20 Å². The Bertz CT molecular complexity index is 314. The number of nitrogens with one attached hydrogen (secondary N) is 1. The van der Waals surface area contributed by atoms with Crippen LogP contribution in [0.25, 0.3) is 0 Å². The van der Waals surface area contributed by atoms with Crippen molar-refractivity contribution in [1.82, 2.24) is 10.3 Å². The van der Waals surface area contributed by atoms with Gasteiger partial charge >= 0.3 is 0 Å². The first-order valence-electron chi connectivity index (χ1n) is 6.10. The molecule has 1 heterocycles. The Hall–Kier alpha value is -0.650. The average Bonchev–Trinajstić information content (AvgIpc) is 2.75. The van der Waals surface area contributed by atoms with Gasteiger partial charge < -0.3 is 15.0 Å². The van der Waals surface area contributed by atoms with Crippen LogP contribution in [0.3, 0.4) is 0 Å². The second-order valence-corrected chi connectivity index (χ2v) is 5.26. The van der Waals surface area contributed by atoms with E-state index in [0.717, 1.165) is 31.4 Å². The lowest BCUT2D eigenvalue weighted by molar-refractivity contribution is 0.204. The molecule has 0 amide bonds. The Kier molecular flexibility index (Phi) is 6.47. The van der Waals surface area contributed by atoms with Crippen molar-refractivity contribution in [2.75, 3.05) is 31.7 Å². The van der Waals surface area contributed by atoms with Gasteiger partial charge in [-0.15, -0.1) is 11.3 Å². The quantitative estimate of drug-likeness (QED) is 0.774. The van der Waals surface area contributed by atoms with Gasteiger partial charge in [-0.1, -0.05) is 6.92 Å². The molecular weight excluding hydrogens is 234 g/mol. The molecule has 0 aliphatic carbocycles. The van der Waals surface area contributed by atoms with Crippen molar-refractivity contribution in [3.63, 3.8) is 0 Å². The van der Waals surface area contributed by atoms with Crippen LogP contribution < -0.4 is 10.2 Å². The van der Waals surface area contributed by atoms with Crippen LogP contribution >= 0.6 is 11.3 Å². The minimum absolute atomic E-state index is 0.447. The average molecular weight is 257 g/mol. The molecule has 17 heavy (non-hydrogen) atoms. The highest BCUT2D eigenvalue weighted by atomic mass is 32.1. The van der Waals surface area contributed by atoms with E-state index in [4.69, 9.17) is 4.74 Å². The summed E-state index contributed by atoms with van der Waals surface area (Å²) in [7, 11) is 1.73. The van der Waals surface area contributed by atoms with Crippen molar-refractivity contribution in [2.24, 2.45) is 0 Å². The third-order valence-corrected chi connectivity index (χ3v) is 3.53. The van der Waals surface area contributed by atoms with Crippen molar-refractivity contribution in [2.45, 2.75) is 33.4 Å². The third kappa shape index (κ3) is 4.61. The predicted molar refractivity (Wildman–Crippen MR) is 73.9 cm³/mol. The van der Waals surface area contributed by atoms with E-state index in [-0.39, 0.29) is 0 Å². The first-order valence-corrected chi connectivity index (χ1v) is 6.91. The molecule has 0 aliphatic heterocycles. The Labute approximate surface area is 108 Å². The standard InChI is InChI=1S/C12H23N3OS/c1-5-13-8-11-9-14-12(17-11)15(10(2)3)6-7-16-4/h9-10,13H,5-8H2,1-4H3. The van der Waals surface area contributed by atoms with Gasteiger partial charge in [-0.05, 0) is 20.4 Å². The topological polar surface area (TPSA) is 37.4 Å². The van der Waals surface area contributed by atoms with Gasteiger partial charge in [-0.2, -0.15) is 0 Å². The van der Waals surface area contributed by atoms with E-state index < -0.39 is 0 Å². The van der Waals surface area contributed by atoms with E-state index >= 15 is 0 Å². The number of aromatic nitrogens is 1. The zero-order chi connectivity index (χ0) is 12.7. The zero-order valence-corrected chi connectivity index (χ0v) is 12.0. The van der Waals surface area contributed by atoms with Crippen molar-refractivity contribution in [1.29, 1.82) is 0 Å². The Morgan fingerprint density at radius 3 is 2.88 bits per heavy atom. The molecule has 0 aliphatic rings. The van der Waals surface area contributed by atoms with E-state index in [2.05, 4.69) is 36.0 Å². The number of hydrogen-bond acceptors (Lipinski definition) is 5. The van der Waals surface area contributed by atoms with Gasteiger partial charge in [0.2, 0.25) is 0 Å². The molecule has 0 unspecified atom stereocenters. The molecule has 1 aromatic rings. The maximum absolute atomic E-state index is 5.14. The van der Waals surface area contributed by atoms with Gasteiger partial charge in [0.25, 0.3) is 0 Å². The summed E-state index contributed by atoms with van der Waals surface area (Å²) >= 11 is 1.76. The van der Waals surface area contributed by atoms with Gasteiger partial charge in [0, 0.05) is 37.3 Å². The summed E-state index contributed by atoms with van der Waals surface area (Å²) in [5.74, 6) is 0. The molecule has 4 nitrogen and oxygen atoms in total. The molecule has 0 atom stereocenters. The van der Waals surface area contributed by atoms with Crippen molar-refractivity contribution in [3.8, 4) is 0 Å². The van der Waals surface area contributed by atoms with E-state index in [0.29, 0.717) is 6.04 Å². The summed E-state index contributed by atoms with van der Waals surface area (Å²) in [6.07, 6.45) is 1.96. The first-order chi connectivity index (χ1) is 8.19. The van der Waals surface area contributed by atoms with Gasteiger partial charge in [0.1, 0.15) is 0 Å². The molecule has 0 fully saturated rings. The van der Waals surface area contributed by atoms with Crippen molar-refractivity contribution < 1.29 is 4.74 Å². The van der Waals surface area contributed by atoms with Crippen LogP contribution in [0.5, 0.6) is 0 Å². The second kappa shape index (κ2) is 7.63. The Balaban J connectivity index is 2.63. The number of methoxy groups -OCH3 is 1. The van der Waals surface area contributed by atoms with Crippen molar-refractivity contribution >= 4 is 16.5 Å². The summed E-state index contributed by atoms with van der Waals surface area (Å²) in [5.41, 5.74) is 0. The number of rotatable bonds is 8. The van der Waals surface area contributed by atoms with Crippen molar-refractivity contribution in [3.05, 3.63) is 11.1 Å². The van der Waals surface area contributed by atoms with Gasteiger partial charge in [-0.3, -0.25) is 0 Å². The molecule has 0 saturated carbocycles. The molecule has 98 valence electrons. The first kappa shape index (κ1) is 14.4. The molecule has 1 rings (SSSR count). The highest BCUT2D eigenvalue weighted by molar-refractivity contribution is 7.15. The van der Waals surface area contributed by atoms with Crippen LogP contribution in [-0.4, -0.2) is 37.8 Å². The Morgan fingerprint density at radius 1 is 1.53 bits per heavy atom. The van der Waals surface area contributed by atoms with E-state index in [1.807, 2.05) is 6.20 Å². The number of nitrogens with zero attached hydrogens (tertiary/aromatic N) is 2. The predicted octanol–water partition coefficient (Wildman–Crippen LogP) is 2.11. The molecule has 0 spiro atoms. The summed E-state index contributed by atoms with van der Waals surface area (Å²) in [6, 6.07) is 0.447. The summed E-state index contributed by atoms with van der Waals surface area (Å²) < 4.78 is 5.14. The fraction of sp³-hybridized carbons (Fsp3) is 0.750. The molecule has 0 radical (unpaired) electrons. The SMILES string of the molecule is CCNCc1cnc(N(CCOC)C(C)C)s1. The van der Waals surface area contributed by atoms with Crippen LogP contribution in [0.2, 0.25) is 0 Å². The van der Waals surface area contributed by atoms with Crippen LogP contribution in [0.1, 0.15) is 25.6 Å². The lowest BCUT2D eigenvalue weighted by Gasteiger charge is -2.25. The zero-order valence-electron chi connectivity index (χ0n) is 11.2.